The van der Waals surface area contributed by atoms with E-state index in [-0.39, 0.29) is 0 Å². The molecular weight excluding hydrogens is 230 g/mol. The summed E-state index contributed by atoms with van der Waals surface area (Å²) < 4.78 is 8.84. The maximum atomic E-state index is 11.1. The quantitative estimate of drug-likeness (QED) is 0.436. The summed E-state index contributed by atoms with van der Waals surface area (Å²) in [5.74, 6) is 0. The van der Waals surface area contributed by atoms with E-state index in [1.54, 1.807) is 26.3 Å². The van der Waals surface area contributed by atoms with E-state index in [9.17, 15) is 9.59 Å². The Morgan fingerprint density at radius 1 is 1.18 bits per heavy atom. The topological polar surface area (TPSA) is 110 Å². The van der Waals surface area contributed by atoms with Crippen molar-refractivity contribution in [2.45, 2.75) is 26.3 Å². The van der Waals surface area contributed by atoms with Crippen LogP contribution in [0.4, 0.5) is 9.59 Å². The molecular formula is C9H13N3O5. The summed E-state index contributed by atoms with van der Waals surface area (Å²) in [5.41, 5.74) is 1.20. The lowest BCUT2D eigenvalue weighted by atomic mass is 10.1. The van der Waals surface area contributed by atoms with Crippen molar-refractivity contribution in [3.63, 3.8) is 0 Å². The predicted octanol–water partition coefficient (Wildman–Crippen LogP) is 1.12. The number of carbonyl (C=O) groups is 2. The Bertz CT molecular complexity index is 340. The maximum absolute atomic E-state index is 11.1. The summed E-state index contributed by atoms with van der Waals surface area (Å²) in [5, 5.41) is 10.4. The van der Waals surface area contributed by atoms with Crippen LogP contribution in [0.3, 0.4) is 0 Å². The highest BCUT2D eigenvalue weighted by Crippen LogP contribution is 1.98. The molecule has 0 aromatic carbocycles. The van der Waals surface area contributed by atoms with Gasteiger partial charge >= 0.3 is 18.4 Å². The highest BCUT2D eigenvalue weighted by Gasteiger charge is 2.13. The second-order valence-electron chi connectivity index (χ2n) is 3.75. The van der Waals surface area contributed by atoms with Gasteiger partial charge in [0.2, 0.25) is 0 Å². The molecule has 0 aromatic heterocycles. The largest absolute Gasteiger partial charge is 0.446 e. The van der Waals surface area contributed by atoms with Gasteiger partial charge in [-0.25, -0.2) is 9.59 Å². The van der Waals surface area contributed by atoms with Crippen LogP contribution in [0.25, 0.3) is 0 Å². The van der Waals surface area contributed by atoms with E-state index in [4.69, 9.17) is 5.26 Å². The number of nitrogens with one attached hydrogen (secondary N) is 2. The average molecular weight is 243 g/mol. The number of rotatable bonds is 3. The predicted molar refractivity (Wildman–Crippen MR) is 54.8 cm³/mol. The van der Waals surface area contributed by atoms with E-state index >= 15 is 0 Å². The van der Waals surface area contributed by atoms with Crippen LogP contribution < -0.4 is 10.8 Å². The Hall–Kier alpha value is -2.43. The lowest BCUT2D eigenvalue weighted by Gasteiger charge is -2.18. The van der Waals surface area contributed by atoms with Crippen molar-refractivity contribution in [1.82, 2.24) is 10.8 Å². The molecule has 0 saturated heterocycles. The number of amides is 2. The molecule has 0 radical (unpaired) electrons. The number of hydrogen-bond donors (Lipinski definition) is 2. The molecule has 0 bridgehead atoms. The summed E-state index contributed by atoms with van der Waals surface area (Å²) >= 11 is 0. The van der Waals surface area contributed by atoms with Crippen LogP contribution in [-0.4, -0.2) is 17.7 Å². The Balaban J connectivity index is 3.78. The van der Waals surface area contributed by atoms with Gasteiger partial charge in [-0.3, -0.25) is 4.84 Å². The molecule has 17 heavy (non-hydrogen) atoms. The third-order valence-electron chi connectivity index (χ3n) is 1.06. The number of hydrogen-bond acceptors (Lipinski definition) is 6. The van der Waals surface area contributed by atoms with Gasteiger partial charge < -0.3 is 14.8 Å². The summed E-state index contributed by atoms with van der Waals surface area (Å²) in [6.45, 7) is 5.34. The average Bonchev–Trinajstić information content (AvgIpc) is 2.19. The second kappa shape index (κ2) is 6.95. The lowest BCUT2D eigenvalue weighted by Crippen LogP contribution is -2.40. The highest BCUT2D eigenvalue weighted by atomic mass is 16.7. The van der Waals surface area contributed by atoms with Crippen molar-refractivity contribution < 1.29 is 23.9 Å². The Morgan fingerprint density at radius 3 is 2.18 bits per heavy atom. The molecule has 2 N–H and O–H groups in total. The van der Waals surface area contributed by atoms with Crippen molar-refractivity contribution in [2.24, 2.45) is 0 Å². The SMILES string of the molecule is CC(C)(C)NC(=O)OC=COC(=O)NOC#N. The monoisotopic (exact) mass is 243 g/mol. The Labute approximate surface area is 98.1 Å². The molecule has 0 aromatic rings. The smallest absolute Gasteiger partial charge is 0.415 e. The number of carbonyl (C=O) groups excluding carboxylic acids is 2. The highest BCUT2D eigenvalue weighted by molar-refractivity contribution is 5.69. The molecule has 0 unspecified atom stereocenters. The molecule has 0 aliphatic carbocycles. The van der Waals surface area contributed by atoms with Crippen molar-refractivity contribution >= 4 is 12.2 Å². The number of alkyl carbamates (subject to hydrolysis) is 1. The van der Waals surface area contributed by atoms with E-state index in [0.717, 1.165) is 12.5 Å². The number of nitriles is 1. The van der Waals surface area contributed by atoms with Crippen LogP contribution >= 0.6 is 0 Å². The Morgan fingerprint density at radius 2 is 1.71 bits per heavy atom. The van der Waals surface area contributed by atoms with Gasteiger partial charge in [-0.1, -0.05) is 0 Å². The summed E-state index contributed by atoms with van der Waals surface area (Å²) in [6.07, 6.45) is 1.17. The van der Waals surface area contributed by atoms with Crippen LogP contribution in [0.2, 0.25) is 0 Å². The molecule has 8 heteroatoms. The standard InChI is InChI=1S/C9H13N3O5/c1-9(2,3)11-7(13)15-4-5-16-8(14)12-17-6-10/h4-5H,1-3H3,(H,11,13)(H,12,14). The normalized spacial score (nSPS) is 10.2. The molecule has 8 nitrogen and oxygen atoms in total. The van der Waals surface area contributed by atoms with Crippen molar-refractivity contribution in [2.75, 3.05) is 0 Å². The summed E-state index contributed by atoms with van der Waals surface area (Å²) in [6, 6.07) is 0. The van der Waals surface area contributed by atoms with Gasteiger partial charge in [0, 0.05) is 5.54 Å². The zero-order chi connectivity index (χ0) is 13.3. The van der Waals surface area contributed by atoms with Gasteiger partial charge in [-0.2, -0.15) is 0 Å². The van der Waals surface area contributed by atoms with Gasteiger partial charge in [-0.15, -0.1) is 10.7 Å². The van der Waals surface area contributed by atoms with Gasteiger partial charge in [0.25, 0.3) is 0 Å². The summed E-state index contributed by atoms with van der Waals surface area (Å²) in [4.78, 5) is 25.6. The minimum atomic E-state index is -1.03. The van der Waals surface area contributed by atoms with Crippen LogP contribution in [0.5, 0.6) is 0 Å². The van der Waals surface area contributed by atoms with Crippen LogP contribution in [-0.2, 0) is 14.3 Å². The fourth-order valence-electron chi connectivity index (χ4n) is 0.603. The molecule has 0 rings (SSSR count). The van der Waals surface area contributed by atoms with Crippen LogP contribution in [0.1, 0.15) is 20.8 Å². The van der Waals surface area contributed by atoms with E-state index < -0.39 is 17.7 Å². The second-order valence-corrected chi connectivity index (χ2v) is 3.75. The van der Waals surface area contributed by atoms with Crippen molar-refractivity contribution in [3.05, 3.63) is 12.5 Å². The number of hydroxylamine groups is 1. The van der Waals surface area contributed by atoms with E-state index in [1.165, 1.54) is 6.26 Å². The molecule has 0 spiro atoms. The molecule has 0 aliphatic heterocycles. The van der Waals surface area contributed by atoms with Crippen LogP contribution in [0, 0.1) is 11.5 Å². The molecule has 0 heterocycles. The molecule has 0 aliphatic rings. The van der Waals surface area contributed by atoms with E-state index in [2.05, 4.69) is 19.6 Å². The fourth-order valence-corrected chi connectivity index (χ4v) is 0.603. The molecule has 94 valence electrons. The zero-order valence-electron chi connectivity index (χ0n) is 9.64. The Kier molecular flexibility index (Phi) is 5.95. The number of nitrogens with zero attached hydrogens (tertiary/aromatic N) is 1. The minimum Gasteiger partial charge on any atom is -0.415 e. The third-order valence-corrected chi connectivity index (χ3v) is 1.06. The first-order chi connectivity index (χ1) is 7.85. The van der Waals surface area contributed by atoms with Gasteiger partial charge in [-0.05, 0) is 20.8 Å². The first kappa shape index (κ1) is 14.6. The molecule has 0 atom stereocenters. The lowest BCUT2D eigenvalue weighted by molar-refractivity contribution is 0.109. The fraction of sp³-hybridized carbons (Fsp3) is 0.444. The molecule has 0 saturated carbocycles. The van der Waals surface area contributed by atoms with E-state index in [1.807, 2.05) is 0 Å². The first-order valence-corrected chi connectivity index (χ1v) is 4.50. The molecule has 0 fully saturated rings. The first-order valence-electron chi connectivity index (χ1n) is 4.50. The van der Waals surface area contributed by atoms with Crippen molar-refractivity contribution in [3.8, 4) is 6.26 Å². The minimum absolute atomic E-state index is 0.427. The summed E-state index contributed by atoms with van der Waals surface area (Å²) in [7, 11) is 0. The van der Waals surface area contributed by atoms with Gasteiger partial charge in [0.05, 0.1) is 0 Å². The zero-order valence-corrected chi connectivity index (χ0v) is 9.64. The van der Waals surface area contributed by atoms with Gasteiger partial charge in [0.15, 0.2) is 0 Å². The van der Waals surface area contributed by atoms with Crippen molar-refractivity contribution in [1.29, 1.82) is 5.26 Å². The van der Waals surface area contributed by atoms with E-state index in [0.29, 0.717) is 0 Å². The number of ether oxygens (including phenoxy) is 2. The van der Waals surface area contributed by atoms with Crippen LogP contribution in [0.15, 0.2) is 12.5 Å². The van der Waals surface area contributed by atoms with Gasteiger partial charge in [0.1, 0.15) is 12.5 Å². The third kappa shape index (κ3) is 9.86. The maximum Gasteiger partial charge on any atom is 0.446 e. The molecule has 2 amide bonds.